The van der Waals surface area contributed by atoms with Crippen molar-refractivity contribution in [3.63, 3.8) is 0 Å². The van der Waals surface area contributed by atoms with Crippen molar-refractivity contribution in [1.82, 2.24) is 10.2 Å². The lowest BCUT2D eigenvalue weighted by molar-refractivity contribution is -0.122. The summed E-state index contributed by atoms with van der Waals surface area (Å²) in [6.07, 6.45) is 0.126. The fourth-order valence-electron chi connectivity index (χ4n) is 2.44. The molecule has 1 aromatic heterocycles. The predicted molar refractivity (Wildman–Crippen MR) is 103 cm³/mol. The molecule has 0 saturated heterocycles. The van der Waals surface area contributed by atoms with Crippen molar-refractivity contribution in [2.24, 2.45) is 0 Å². The zero-order valence-corrected chi connectivity index (χ0v) is 16.9. The highest BCUT2D eigenvalue weighted by atomic mass is 32.2. The van der Waals surface area contributed by atoms with E-state index in [9.17, 15) is 13.2 Å². The monoisotopic (exact) mass is 414 g/mol. The number of thioether (sulfide) groups is 1. The van der Waals surface area contributed by atoms with Crippen LogP contribution in [-0.4, -0.2) is 49.2 Å². The first kappa shape index (κ1) is 18.9. The first-order valence-electron chi connectivity index (χ1n) is 7.80. The number of rotatable bonds is 5. The molecule has 0 fully saturated rings. The second kappa shape index (κ2) is 7.41. The minimum atomic E-state index is -3.55. The molecule has 2 aromatic rings. The summed E-state index contributed by atoms with van der Waals surface area (Å²) in [6.45, 7) is 3.77. The first-order chi connectivity index (χ1) is 12.3. The van der Waals surface area contributed by atoms with Crippen molar-refractivity contribution in [3.05, 3.63) is 23.8 Å². The van der Waals surface area contributed by atoms with Crippen LogP contribution in [0.4, 0.5) is 10.8 Å². The van der Waals surface area contributed by atoms with Gasteiger partial charge in [-0.1, -0.05) is 36.1 Å². The van der Waals surface area contributed by atoms with Crippen molar-refractivity contribution in [2.75, 3.05) is 28.2 Å². The largest absolute Gasteiger partial charge is 0.476 e. The molecule has 1 aliphatic rings. The van der Waals surface area contributed by atoms with Gasteiger partial charge in [0.2, 0.25) is 15.2 Å². The minimum Gasteiger partial charge on any atom is -0.476 e. The SMILES string of the molecule is CCSc1nnc(NC(=O)[C@H]2CN(S(C)(=O)=O)c3ccc(C)cc3O2)s1. The number of nitrogens with one attached hydrogen (secondary N) is 1. The summed E-state index contributed by atoms with van der Waals surface area (Å²) < 4.78 is 32.0. The maximum absolute atomic E-state index is 12.6. The zero-order chi connectivity index (χ0) is 18.9. The quantitative estimate of drug-likeness (QED) is 0.591. The lowest BCUT2D eigenvalue weighted by atomic mass is 10.1. The molecule has 140 valence electrons. The summed E-state index contributed by atoms with van der Waals surface area (Å²) in [4.78, 5) is 12.6. The molecule has 0 saturated carbocycles. The van der Waals surface area contributed by atoms with E-state index in [4.69, 9.17) is 4.74 Å². The van der Waals surface area contributed by atoms with Crippen LogP contribution in [0, 0.1) is 6.92 Å². The van der Waals surface area contributed by atoms with Crippen LogP contribution >= 0.6 is 23.1 Å². The minimum absolute atomic E-state index is 0.101. The number of hydrogen-bond donors (Lipinski definition) is 1. The summed E-state index contributed by atoms with van der Waals surface area (Å²) in [5, 5.41) is 10.9. The van der Waals surface area contributed by atoms with Crippen LogP contribution in [0.2, 0.25) is 0 Å². The number of amides is 1. The van der Waals surface area contributed by atoms with Gasteiger partial charge in [0, 0.05) is 0 Å². The van der Waals surface area contributed by atoms with Crippen LogP contribution in [-0.2, 0) is 14.8 Å². The van der Waals surface area contributed by atoms with Crippen LogP contribution in [0.3, 0.4) is 0 Å². The van der Waals surface area contributed by atoms with Crippen LogP contribution < -0.4 is 14.4 Å². The Bertz CT molecular complexity index is 929. The Morgan fingerprint density at radius 1 is 1.46 bits per heavy atom. The maximum Gasteiger partial charge on any atom is 0.269 e. The molecule has 11 heteroatoms. The molecule has 0 spiro atoms. The third-order valence-corrected chi connectivity index (χ3v) is 6.58. The van der Waals surface area contributed by atoms with Crippen molar-refractivity contribution < 1.29 is 17.9 Å². The molecule has 26 heavy (non-hydrogen) atoms. The standard InChI is InChI=1S/C15H18N4O4S3/c1-4-24-15-18-17-14(25-15)16-13(20)12-8-19(26(3,21)22)10-6-5-9(2)7-11(10)23-12/h5-7,12H,4,8H2,1-3H3,(H,16,17,20)/t12-/m1/s1. The molecule has 1 amide bonds. The van der Waals surface area contributed by atoms with Crippen molar-refractivity contribution in [3.8, 4) is 5.75 Å². The first-order valence-corrected chi connectivity index (χ1v) is 11.4. The fraction of sp³-hybridized carbons (Fsp3) is 0.400. The van der Waals surface area contributed by atoms with E-state index in [1.807, 2.05) is 13.8 Å². The van der Waals surface area contributed by atoms with E-state index in [1.165, 1.54) is 27.4 Å². The highest BCUT2D eigenvalue weighted by molar-refractivity contribution is 8.01. The van der Waals surface area contributed by atoms with Gasteiger partial charge in [0.25, 0.3) is 5.91 Å². The molecule has 3 rings (SSSR count). The van der Waals surface area contributed by atoms with E-state index in [2.05, 4.69) is 15.5 Å². The Morgan fingerprint density at radius 2 is 2.23 bits per heavy atom. The van der Waals surface area contributed by atoms with E-state index in [-0.39, 0.29) is 6.54 Å². The van der Waals surface area contributed by atoms with E-state index < -0.39 is 22.0 Å². The number of ether oxygens (including phenoxy) is 1. The van der Waals surface area contributed by atoms with Gasteiger partial charge in [-0.05, 0) is 30.4 Å². The van der Waals surface area contributed by atoms with Gasteiger partial charge in [-0.3, -0.25) is 14.4 Å². The Morgan fingerprint density at radius 3 is 2.92 bits per heavy atom. The molecular formula is C15H18N4O4S3. The molecule has 0 radical (unpaired) electrons. The van der Waals surface area contributed by atoms with E-state index in [0.29, 0.717) is 16.6 Å². The lowest BCUT2D eigenvalue weighted by Crippen LogP contribution is -2.48. The van der Waals surface area contributed by atoms with Gasteiger partial charge in [-0.2, -0.15) is 0 Å². The van der Waals surface area contributed by atoms with Gasteiger partial charge < -0.3 is 4.74 Å². The van der Waals surface area contributed by atoms with Gasteiger partial charge in [0.05, 0.1) is 18.5 Å². The predicted octanol–water partition coefficient (Wildman–Crippen LogP) is 2.12. The number of hydrogen-bond acceptors (Lipinski definition) is 8. The topological polar surface area (TPSA) is 101 Å². The summed E-state index contributed by atoms with van der Waals surface area (Å²) in [5.41, 5.74) is 1.34. The molecule has 0 bridgehead atoms. The average molecular weight is 415 g/mol. The number of aryl methyl sites for hydroxylation is 1. The average Bonchev–Trinajstić information content (AvgIpc) is 3.00. The molecule has 1 aliphatic heterocycles. The van der Waals surface area contributed by atoms with Gasteiger partial charge >= 0.3 is 0 Å². The van der Waals surface area contributed by atoms with Gasteiger partial charge in [-0.15, -0.1) is 10.2 Å². The molecule has 8 nitrogen and oxygen atoms in total. The van der Waals surface area contributed by atoms with Crippen LogP contribution in [0.15, 0.2) is 22.5 Å². The molecule has 0 unspecified atom stereocenters. The lowest BCUT2D eigenvalue weighted by Gasteiger charge is -2.33. The third-order valence-electron chi connectivity index (χ3n) is 3.58. The molecule has 1 aromatic carbocycles. The molecule has 2 heterocycles. The van der Waals surface area contributed by atoms with E-state index in [1.54, 1.807) is 18.2 Å². The Kier molecular flexibility index (Phi) is 5.39. The van der Waals surface area contributed by atoms with Gasteiger partial charge in [0.15, 0.2) is 10.4 Å². The molecular weight excluding hydrogens is 396 g/mol. The number of aromatic nitrogens is 2. The Labute approximate surface area is 160 Å². The Hall–Kier alpha value is -1.85. The van der Waals surface area contributed by atoms with Gasteiger partial charge in [-0.25, -0.2) is 8.42 Å². The van der Waals surface area contributed by atoms with Crippen LogP contribution in [0.1, 0.15) is 12.5 Å². The molecule has 1 N–H and O–H groups in total. The fourth-order valence-corrected chi connectivity index (χ4v) is 5.01. The summed E-state index contributed by atoms with van der Waals surface area (Å²) in [6, 6.07) is 5.20. The summed E-state index contributed by atoms with van der Waals surface area (Å²) in [5.74, 6) is 0.754. The second-order valence-electron chi connectivity index (χ2n) is 5.67. The maximum atomic E-state index is 12.6. The number of fused-ring (bicyclic) bond motifs is 1. The van der Waals surface area contributed by atoms with Crippen LogP contribution in [0.5, 0.6) is 5.75 Å². The number of sulfonamides is 1. The Balaban J connectivity index is 1.82. The highest BCUT2D eigenvalue weighted by Gasteiger charge is 2.35. The molecule has 0 aliphatic carbocycles. The van der Waals surface area contributed by atoms with Crippen molar-refractivity contribution >= 4 is 49.8 Å². The molecule has 1 atom stereocenters. The second-order valence-corrected chi connectivity index (χ2v) is 10.1. The van der Waals surface area contributed by atoms with Crippen molar-refractivity contribution in [1.29, 1.82) is 0 Å². The highest BCUT2D eigenvalue weighted by Crippen LogP contribution is 2.36. The van der Waals surface area contributed by atoms with Crippen LogP contribution in [0.25, 0.3) is 0 Å². The van der Waals surface area contributed by atoms with E-state index in [0.717, 1.165) is 21.9 Å². The van der Waals surface area contributed by atoms with Crippen molar-refractivity contribution in [2.45, 2.75) is 24.3 Å². The summed E-state index contributed by atoms with van der Waals surface area (Å²) in [7, 11) is -3.55. The zero-order valence-electron chi connectivity index (χ0n) is 14.4. The normalized spacial score (nSPS) is 16.7. The van der Waals surface area contributed by atoms with E-state index >= 15 is 0 Å². The van der Waals surface area contributed by atoms with Gasteiger partial charge in [0.1, 0.15) is 5.75 Å². The number of nitrogens with zero attached hydrogens (tertiary/aromatic N) is 3. The number of anilines is 2. The summed E-state index contributed by atoms with van der Waals surface area (Å²) >= 11 is 2.80. The smallest absolute Gasteiger partial charge is 0.269 e. The number of benzene rings is 1. The third kappa shape index (κ3) is 4.10. The number of carbonyl (C=O) groups is 1. The number of carbonyl (C=O) groups excluding carboxylic acids is 1.